The van der Waals surface area contributed by atoms with E-state index >= 15 is 0 Å². The van der Waals surface area contributed by atoms with Gasteiger partial charge in [-0.2, -0.15) is 4.98 Å². The smallest absolute Gasteiger partial charge is 0.245 e. The van der Waals surface area contributed by atoms with E-state index in [1.807, 2.05) is 48.6 Å². The maximum Gasteiger partial charge on any atom is 0.245 e. The summed E-state index contributed by atoms with van der Waals surface area (Å²) in [5.41, 5.74) is 1.99. The largest absolute Gasteiger partial charge is 0.346 e. The van der Waals surface area contributed by atoms with Gasteiger partial charge in [0.2, 0.25) is 5.95 Å². The average Bonchev–Trinajstić information content (AvgIpc) is 2.49. The Morgan fingerprint density at radius 2 is 2.08 bits per heavy atom. The molecule has 2 aromatic rings. The van der Waals surface area contributed by atoms with E-state index in [4.69, 9.17) is 0 Å². The van der Waals surface area contributed by atoms with Crippen LogP contribution in [0.25, 0.3) is 5.65 Å². The van der Waals surface area contributed by atoms with Crippen molar-refractivity contribution >= 4 is 11.6 Å². The van der Waals surface area contributed by atoms with Crippen LogP contribution in [0.3, 0.4) is 0 Å². The van der Waals surface area contributed by atoms with E-state index in [0.29, 0.717) is 0 Å². The highest BCUT2D eigenvalue weighted by atomic mass is 15.4. The van der Waals surface area contributed by atoms with Gasteiger partial charge in [0.25, 0.3) is 0 Å². The van der Waals surface area contributed by atoms with Crippen LogP contribution >= 0.6 is 0 Å². The number of aromatic nitrogens is 3. The number of rotatable bonds is 1. The highest BCUT2D eigenvalue weighted by molar-refractivity contribution is 5.44. The SMILES string of the molecule is Cc1cccc2nc(N(C)C)nn12. The highest BCUT2D eigenvalue weighted by Crippen LogP contribution is 2.09. The molecule has 0 aliphatic rings. The van der Waals surface area contributed by atoms with Crippen molar-refractivity contribution in [2.75, 3.05) is 19.0 Å². The molecular weight excluding hydrogens is 164 g/mol. The molecule has 0 aromatic carbocycles. The molecule has 2 heterocycles. The van der Waals surface area contributed by atoms with Crippen LogP contribution in [0.2, 0.25) is 0 Å². The molecule has 0 N–H and O–H groups in total. The fourth-order valence-electron chi connectivity index (χ4n) is 1.21. The van der Waals surface area contributed by atoms with Gasteiger partial charge in [0, 0.05) is 19.8 Å². The maximum absolute atomic E-state index is 4.35. The summed E-state index contributed by atoms with van der Waals surface area (Å²) >= 11 is 0. The Hall–Kier alpha value is -1.58. The standard InChI is InChI=1S/C9H12N4/c1-7-5-4-6-8-10-9(12(2)3)11-13(7)8/h4-6H,1-3H3. The molecule has 0 spiro atoms. The summed E-state index contributed by atoms with van der Waals surface area (Å²) in [6, 6.07) is 5.95. The van der Waals surface area contributed by atoms with Gasteiger partial charge < -0.3 is 4.90 Å². The van der Waals surface area contributed by atoms with Crippen LogP contribution in [-0.4, -0.2) is 28.7 Å². The third-order valence-electron chi connectivity index (χ3n) is 1.94. The Kier molecular flexibility index (Phi) is 1.69. The van der Waals surface area contributed by atoms with E-state index in [0.717, 1.165) is 17.3 Å². The summed E-state index contributed by atoms with van der Waals surface area (Å²) in [7, 11) is 3.87. The van der Waals surface area contributed by atoms with Crippen LogP contribution in [-0.2, 0) is 0 Å². The van der Waals surface area contributed by atoms with E-state index in [1.165, 1.54) is 0 Å². The molecule has 4 heteroatoms. The zero-order valence-electron chi connectivity index (χ0n) is 8.02. The van der Waals surface area contributed by atoms with Crippen molar-refractivity contribution in [1.82, 2.24) is 14.6 Å². The number of aryl methyl sites for hydroxylation is 1. The lowest BCUT2D eigenvalue weighted by Gasteiger charge is -2.03. The molecule has 0 amide bonds. The predicted octanol–water partition coefficient (Wildman–Crippen LogP) is 1.10. The fourth-order valence-corrected chi connectivity index (χ4v) is 1.21. The lowest BCUT2D eigenvalue weighted by Crippen LogP contribution is -2.10. The molecule has 0 aliphatic heterocycles. The molecule has 0 saturated heterocycles. The summed E-state index contributed by atoms with van der Waals surface area (Å²) in [4.78, 5) is 6.25. The third kappa shape index (κ3) is 1.24. The van der Waals surface area contributed by atoms with E-state index in [1.54, 1.807) is 0 Å². The average molecular weight is 176 g/mol. The van der Waals surface area contributed by atoms with Gasteiger partial charge in [0.1, 0.15) is 0 Å². The van der Waals surface area contributed by atoms with Gasteiger partial charge in [-0.1, -0.05) is 6.07 Å². The fraction of sp³-hybridized carbons (Fsp3) is 0.333. The minimum Gasteiger partial charge on any atom is -0.346 e. The molecule has 2 aromatic heterocycles. The van der Waals surface area contributed by atoms with Gasteiger partial charge in [-0.05, 0) is 19.1 Å². The zero-order valence-corrected chi connectivity index (χ0v) is 8.02. The third-order valence-corrected chi connectivity index (χ3v) is 1.94. The van der Waals surface area contributed by atoms with Crippen molar-refractivity contribution < 1.29 is 0 Å². The van der Waals surface area contributed by atoms with Crippen LogP contribution in [0.1, 0.15) is 5.69 Å². The quantitative estimate of drug-likeness (QED) is 0.652. The highest BCUT2D eigenvalue weighted by Gasteiger charge is 2.05. The van der Waals surface area contributed by atoms with Crippen LogP contribution in [0.15, 0.2) is 18.2 Å². The first-order valence-electron chi connectivity index (χ1n) is 4.18. The van der Waals surface area contributed by atoms with E-state index in [-0.39, 0.29) is 0 Å². The first kappa shape index (κ1) is 8.04. The predicted molar refractivity (Wildman–Crippen MR) is 52.1 cm³/mol. The Bertz CT molecular complexity index is 430. The first-order chi connectivity index (χ1) is 6.18. The molecule has 0 aliphatic carbocycles. The topological polar surface area (TPSA) is 33.4 Å². The normalized spacial score (nSPS) is 10.7. The molecule has 13 heavy (non-hydrogen) atoms. The number of pyridine rings is 1. The van der Waals surface area contributed by atoms with Gasteiger partial charge in [-0.3, -0.25) is 0 Å². The summed E-state index contributed by atoms with van der Waals surface area (Å²) in [6.07, 6.45) is 0. The van der Waals surface area contributed by atoms with Crippen molar-refractivity contribution in [3.8, 4) is 0 Å². The monoisotopic (exact) mass is 176 g/mol. The molecule has 0 unspecified atom stereocenters. The van der Waals surface area contributed by atoms with E-state index < -0.39 is 0 Å². The van der Waals surface area contributed by atoms with E-state index in [9.17, 15) is 0 Å². The number of fused-ring (bicyclic) bond motifs is 1. The Balaban J connectivity index is 2.68. The van der Waals surface area contributed by atoms with Crippen molar-refractivity contribution in [1.29, 1.82) is 0 Å². The van der Waals surface area contributed by atoms with Crippen LogP contribution in [0.5, 0.6) is 0 Å². The molecule has 0 saturated carbocycles. The van der Waals surface area contributed by atoms with Gasteiger partial charge >= 0.3 is 0 Å². The minimum atomic E-state index is 0.745. The molecule has 0 atom stereocenters. The lowest BCUT2D eigenvalue weighted by atomic mass is 10.4. The Morgan fingerprint density at radius 1 is 1.31 bits per heavy atom. The van der Waals surface area contributed by atoms with Crippen LogP contribution in [0, 0.1) is 6.92 Å². The van der Waals surface area contributed by atoms with E-state index in [2.05, 4.69) is 10.1 Å². The number of nitrogens with zero attached hydrogens (tertiary/aromatic N) is 4. The molecule has 4 nitrogen and oxygen atoms in total. The summed E-state index contributed by atoms with van der Waals surface area (Å²) < 4.78 is 1.84. The Morgan fingerprint density at radius 3 is 2.69 bits per heavy atom. The van der Waals surface area contributed by atoms with Crippen molar-refractivity contribution in [2.45, 2.75) is 6.92 Å². The lowest BCUT2D eigenvalue weighted by molar-refractivity contribution is 0.893. The number of hydrogen-bond acceptors (Lipinski definition) is 3. The van der Waals surface area contributed by atoms with Gasteiger partial charge in [0.05, 0.1) is 0 Å². The van der Waals surface area contributed by atoms with Crippen molar-refractivity contribution in [3.63, 3.8) is 0 Å². The summed E-state index contributed by atoms with van der Waals surface area (Å²) in [5.74, 6) is 0.745. The number of anilines is 1. The second-order valence-electron chi connectivity index (χ2n) is 3.24. The zero-order chi connectivity index (χ0) is 9.42. The van der Waals surface area contributed by atoms with Crippen molar-refractivity contribution in [3.05, 3.63) is 23.9 Å². The molecule has 0 fully saturated rings. The molecule has 68 valence electrons. The molecule has 0 radical (unpaired) electrons. The van der Waals surface area contributed by atoms with Crippen LogP contribution < -0.4 is 4.90 Å². The minimum absolute atomic E-state index is 0.745. The van der Waals surface area contributed by atoms with Crippen molar-refractivity contribution in [2.24, 2.45) is 0 Å². The first-order valence-corrected chi connectivity index (χ1v) is 4.18. The van der Waals surface area contributed by atoms with Gasteiger partial charge in [-0.15, -0.1) is 5.10 Å². The Labute approximate surface area is 76.8 Å². The summed E-state index contributed by atoms with van der Waals surface area (Å²) in [6.45, 7) is 2.02. The molecular formula is C9H12N4. The maximum atomic E-state index is 4.35. The summed E-state index contributed by atoms with van der Waals surface area (Å²) in [5, 5.41) is 4.34. The molecule has 2 rings (SSSR count). The van der Waals surface area contributed by atoms with Gasteiger partial charge in [-0.25, -0.2) is 4.52 Å². The van der Waals surface area contributed by atoms with Crippen LogP contribution in [0.4, 0.5) is 5.95 Å². The second-order valence-corrected chi connectivity index (χ2v) is 3.24. The molecule has 0 bridgehead atoms. The second kappa shape index (κ2) is 2.73. The van der Waals surface area contributed by atoms with Gasteiger partial charge in [0.15, 0.2) is 5.65 Å². The number of hydrogen-bond donors (Lipinski definition) is 0.